The number of ether oxygens (including phenoxy) is 1. The SMILES string of the molecule is Cc1ccccc1CC1(C(=O)O)COC1. The third-order valence-electron chi connectivity index (χ3n) is 3.00. The molecule has 80 valence electrons. The lowest BCUT2D eigenvalue weighted by Crippen LogP contribution is -2.50. The second-order valence-electron chi connectivity index (χ2n) is 4.18. The Morgan fingerprint density at radius 2 is 2.13 bits per heavy atom. The van der Waals surface area contributed by atoms with Gasteiger partial charge < -0.3 is 9.84 Å². The van der Waals surface area contributed by atoms with Crippen LogP contribution in [0.25, 0.3) is 0 Å². The molecule has 0 radical (unpaired) electrons. The molecule has 0 amide bonds. The van der Waals surface area contributed by atoms with E-state index in [0.29, 0.717) is 19.6 Å². The fourth-order valence-corrected chi connectivity index (χ4v) is 1.82. The number of rotatable bonds is 3. The van der Waals surface area contributed by atoms with Crippen molar-refractivity contribution < 1.29 is 14.6 Å². The van der Waals surface area contributed by atoms with E-state index < -0.39 is 11.4 Å². The van der Waals surface area contributed by atoms with Gasteiger partial charge in [-0.3, -0.25) is 4.79 Å². The molecule has 1 aliphatic heterocycles. The predicted molar refractivity (Wildman–Crippen MR) is 55.8 cm³/mol. The van der Waals surface area contributed by atoms with E-state index in [4.69, 9.17) is 9.84 Å². The van der Waals surface area contributed by atoms with Gasteiger partial charge in [-0.05, 0) is 24.5 Å². The maximum atomic E-state index is 11.1. The predicted octanol–water partition coefficient (Wildman–Crippen LogP) is 1.64. The first kappa shape index (κ1) is 10.2. The lowest BCUT2D eigenvalue weighted by atomic mass is 9.79. The number of carbonyl (C=O) groups is 1. The molecule has 15 heavy (non-hydrogen) atoms. The van der Waals surface area contributed by atoms with Crippen LogP contribution in [0, 0.1) is 12.3 Å². The zero-order valence-corrected chi connectivity index (χ0v) is 8.69. The second-order valence-corrected chi connectivity index (χ2v) is 4.18. The van der Waals surface area contributed by atoms with E-state index in [0.717, 1.165) is 11.1 Å². The first-order valence-electron chi connectivity index (χ1n) is 5.00. The van der Waals surface area contributed by atoms with Crippen LogP contribution in [0.5, 0.6) is 0 Å². The zero-order chi connectivity index (χ0) is 10.9. The lowest BCUT2D eigenvalue weighted by molar-refractivity contribution is -0.179. The minimum absolute atomic E-state index is 0.330. The van der Waals surface area contributed by atoms with Gasteiger partial charge in [0.1, 0.15) is 5.41 Å². The van der Waals surface area contributed by atoms with E-state index in [1.54, 1.807) is 0 Å². The summed E-state index contributed by atoms with van der Waals surface area (Å²) in [5.41, 5.74) is 1.56. The quantitative estimate of drug-likeness (QED) is 0.817. The summed E-state index contributed by atoms with van der Waals surface area (Å²) >= 11 is 0. The number of benzene rings is 1. The summed E-state index contributed by atoms with van der Waals surface area (Å²) in [6.07, 6.45) is 0.564. The third kappa shape index (κ3) is 1.75. The van der Waals surface area contributed by atoms with Gasteiger partial charge in [0.05, 0.1) is 13.2 Å². The number of aryl methyl sites for hydroxylation is 1. The van der Waals surface area contributed by atoms with Crippen LogP contribution < -0.4 is 0 Å². The Morgan fingerprint density at radius 1 is 1.47 bits per heavy atom. The summed E-state index contributed by atoms with van der Waals surface area (Å²) in [7, 11) is 0. The topological polar surface area (TPSA) is 46.5 Å². The average molecular weight is 206 g/mol. The molecule has 0 saturated carbocycles. The van der Waals surface area contributed by atoms with Gasteiger partial charge in [0.25, 0.3) is 0 Å². The molecule has 0 bridgehead atoms. The van der Waals surface area contributed by atoms with Crippen LogP contribution in [0.4, 0.5) is 0 Å². The minimum Gasteiger partial charge on any atom is -0.481 e. The summed E-state index contributed by atoms with van der Waals surface area (Å²) in [6.45, 7) is 2.66. The number of hydrogen-bond acceptors (Lipinski definition) is 2. The summed E-state index contributed by atoms with van der Waals surface area (Å²) in [5.74, 6) is -0.753. The highest BCUT2D eigenvalue weighted by Gasteiger charge is 2.46. The maximum absolute atomic E-state index is 11.1. The largest absolute Gasteiger partial charge is 0.481 e. The molecule has 3 nitrogen and oxygen atoms in total. The van der Waals surface area contributed by atoms with Crippen molar-refractivity contribution >= 4 is 5.97 Å². The fraction of sp³-hybridized carbons (Fsp3) is 0.417. The van der Waals surface area contributed by atoms with Gasteiger partial charge in [0, 0.05) is 0 Å². The summed E-state index contributed by atoms with van der Waals surface area (Å²) < 4.78 is 5.03. The molecule has 0 atom stereocenters. The molecule has 1 aromatic rings. The van der Waals surface area contributed by atoms with E-state index in [-0.39, 0.29) is 0 Å². The van der Waals surface area contributed by atoms with E-state index in [9.17, 15) is 4.79 Å². The van der Waals surface area contributed by atoms with Gasteiger partial charge >= 0.3 is 5.97 Å². The first-order chi connectivity index (χ1) is 7.14. The Morgan fingerprint density at radius 3 is 2.60 bits per heavy atom. The summed E-state index contributed by atoms with van der Waals surface area (Å²) in [4.78, 5) is 11.1. The van der Waals surface area contributed by atoms with Gasteiger partial charge in [-0.2, -0.15) is 0 Å². The van der Waals surface area contributed by atoms with Crippen molar-refractivity contribution in [3.8, 4) is 0 Å². The number of aliphatic carboxylic acids is 1. The number of carboxylic acid groups (broad SMARTS) is 1. The summed E-state index contributed by atoms with van der Waals surface area (Å²) in [5, 5.41) is 9.16. The van der Waals surface area contributed by atoms with Crippen molar-refractivity contribution in [2.24, 2.45) is 5.41 Å². The fourth-order valence-electron chi connectivity index (χ4n) is 1.82. The van der Waals surface area contributed by atoms with Gasteiger partial charge in [-0.1, -0.05) is 24.3 Å². The monoisotopic (exact) mass is 206 g/mol. The Labute approximate surface area is 88.7 Å². The first-order valence-corrected chi connectivity index (χ1v) is 5.00. The van der Waals surface area contributed by atoms with Crippen LogP contribution in [0.15, 0.2) is 24.3 Å². The lowest BCUT2D eigenvalue weighted by Gasteiger charge is -2.37. The van der Waals surface area contributed by atoms with Crippen molar-refractivity contribution in [3.63, 3.8) is 0 Å². The minimum atomic E-state index is -0.753. The molecule has 0 spiro atoms. The molecule has 1 fully saturated rings. The van der Waals surface area contributed by atoms with Crippen molar-refractivity contribution in [2.75, 3.05) is 13.2 Å². The highest BCUT2D eigenvalue weighted by atomic mass is 16.5. The Hall–Kier alpha value is -1.35. The van der Waals surface area contributed by atoms with Gasteiger partial charge in [-0.25, -0.2) is 0 Å². The Balaban J connectivity index is 2.21. The molecule has 1 heterocycles. The van der Waals surface area contributed by atoms with Gasteiger partial charge in [0.2, 0.25) is 0 Å². The van der Waals surface area contributed by atoms with E-state index in [2.05, 4.69) is 0 Å². The standard InChI is InChI=1S/C12H14O3/c1-9-4-2-3-5-10(9)6-12(11(13)14)7-15-8-12/h2-5H,6-8H2,1H3,(H,13,14). The van der Waals surface area contributed by atoms with E-state index in [1.807, 2.05) is 31.2 Å². The van der Waals surface area contributed by atoms with Crippen molar-refractivity contribution in [1.29, 1.82) is 0 Å². The van der Waals surface area contributed by atoms with Crippen molar-refractivity contribution in [3.05, 3.63) is 35.4 Å². The van der Waals surface area contributed by atoms with Crippen LogP contribution in [-0.2, 0) is 16.0 Å². The number of carboxylic acids is 1. The van der Waals surface area contributed by atoms with Gasteiger partial charge in [0.15, 0.2) is 0 Å². The average Bonchev–Trinajstić information content (AvgIpc) is 2.13. The zero-order valence-electron chi connectivity index (χ0n) is 8.69. The van der Waals surface area contributed by atoms with Crippen molar-refractivity contribution in [2.45, 2.75) is 13.3 Å². The third-order valence-corrected chi connectivity index (χ3v) is 3.00. The summed E-state index contributed by atoms with van der Waals surface area (Å²) in [6, 6.07) is 7.89. The molecule has 0 unspecified atom stereocenters. The van der Waals surface area contributed by atoms with Crippen molar-refractivity contribution in [1.82, 2.24) is 0 Å². The number of hydrogen-bond donors (Lipinski definition) is 1. The van der Waals surface area contributed by atoms with Gasteiger partial charge in [-0.15, -0.1) is 0 Å². The molecular formula is C12H14O3. The van der Waals surface area contributed by atoms with E-state index in [1.165, 1.54) is 0 Å². The molecule has 1 saturated heterocycles. The molecule has 1 aliphatic rings. The van der Waals surface area contributed by atoms with Crippen LogP contribution in [0.2, 0.25) is 0 Å². The van der Waals surface area contributed by atoms with Crippen LogP contribution in [-0.4, -0.2) is 24.3 Å². The van der Waals surface area contributed by atoms with Crippen LogP contribution >= 0.6 is 0 Å². The Bertz CT molecular complexity index is 380. The molecule has 0 aromatic heterocycles. The van der Waals surface area contributed by atoms with E-state index >= 15 is 0 Å². The smallest absolute Gasteiger partial charge is 0.314 e. The van der Waals surface area contributed by atoms with Crippen LogP contribution in [0.3, 0.4) is 0 Å². The highest BCUT2D eigenvalue weighted by Crippen LogP contribution is 2.32. The molecule has 1 N–H and O–H groups in total. The molecule has 0 aliphatic carbocycles. The Kier molecular flexibility index (Phi) is 2.49. The second kappa shape index (κ2) is 3.66. The molecule has 1 aromatic carbocycles. The molecular weight excluding hydrogens is 192 g/mol. The maximum Gasteiger partial charge on any atom is 0.314 e. The normalized spacial score (nSPS) is 18.2. The molecule has 2 rings (SSSR count). The molecule has 3 heteroatoms. The highest BCUT2D eigenvalue weighted by molar-refractivity contribution is 5.76. The van der Waals surface area contributed by atoms with Crippen LogP contribution in [0.1, 0.15) is 11.1 Å².